The lowest BCUT2D eigenvalue weighted by atomic mass is 10.1. The quantitative estimate of drug-likeness (QED) is 0.751. The van der Waals surface area contributed by atoms with Gasteiger partial charge in [-0.1, -0.05) is 0 Å². The van der Waals surface area contributed by atoms with Gasteiger partial charge in [0, 0.05) is 37.3 Å². The van der Waals surface area contributed by atoms with Gasteiger partial charge in [0.2, 0.25) is 15.9 Å². The molecule has 1 heterocycles. The molecule has 0 bridgehead atoms. The minimum Gasteiger partial charge on any atom is -0.349 e. The topological polar surface area (TPSA) is 95.6 Å². The van der Waals surface area contributed by atoms with Gasteiger partial charge >= 0.3 is 0 Å². The molecule has 7 nitrogen and oxygen atoms in total. The number of benzene rings is 2. The number of sulfonamides is 1. The molecule has 1 saturated heterocycles. The zero-order valence-corrected chi connectivity index (χ0v) is 17.0. The SMILES string of the molecule is CC(=O)Nc1ccc(S(=O)(=O)N2CCC(NC(=O)c3ccc(F)c(F)c3)CC2)cc1. The molecule has 0 saturated carbocycles. The third-order valence-electron chi connectivity index (χ3n) is 4.78. The van der Waals surface area contributed by atoms with E-state index >= 15 is 0 Å². The van der Waals surface area contributed by atoms with Gasteiger partial charge in [0.25, 0.3) is 5.91 Å². The zero-order chi connectivity index (χ0) is 21.9. The zero-order valence-electron chi connectivity index (χ0n) is 16.2. The Balaban J connectivity index is 1.59. The van der Waals surface area contributed by atoms with E-state index in [4.69, 9.17) is 0 Å². The number of piperidine rings is 1. The molecule has 3 rings (SSSR count). The molecule has 0 aromatic heterocycles. The Kier molecular flexibility index (Phi) is 6.47. The molecular weight excluding hydrogens is 416 g/mol. The average molecular weight is 437 g/mol. The van der Waals surface area contributed by atoms with E-state index < -0.39 is 27.6 Å². The van der Waals surface area contributed by atoms with E-state index in [-0.39, 0.29) is 35.5 Å². The smallest absolute Gasteiger partial charge is 0.251 e. The second-order valence-electron chi connectivity index (χ2n) is 6.99. The summed E-state index contributed by atoms with van der Waals surface area (Å²) < 4.78 is 53.3. The summed E-state index contributed by atoms with van der Waals surface area (Å²) in [4.78, 5) is 23.4. The highest BCUT2D eigenvalue weighted by molar-refractivity contribution is 7.89. The van der Waals surface area contributed by atoms with Crippen molar-refractivity contribution in [3.63, 3.8) is 0 Å². The summed E-state index contributed by atoms with van der Waals surface area (Å²) in [6.45, 7) is 1.77. The Bertz CT molecular complexity index is 1050. The van der Waals surface area contributed by atoms with Crippen LogP contribution in [0.4, 0.5) is 14.5 Å². The third kappa shape index (κ3) is 5.00. The molecule has 0 aliphatic carbocycles. The Hall–Kier alpha value is -2.85. The number of nitrogens with one attached hydrogen (secondary N) is 2. The molecule has 2 N–H and O–H groups in total. The normalized spacial score (nSPS) is 15.6. The lowest BCUT2D eigenvalue weighted by molar-refractivity contribution is -0.114. The molecule has 0 atom stereocenters. The maximum absolute atomic E-state index is 13.3. The van der Waals surface area contributed by atoms with Gasteiger partial charge in [-0.15, -0.1) is 0 Å². The fourth-order valence-electron chi connectivity index (χ4n) is 3.21. The van der Waals surface area contributed by atoms with Crippen molar-refractivity contribution in [3.05, 3.63) is 59.7 Å². The molecule has 160 valence electrons. The van der Waals surface area contributed by atoms with Crippen LogP contribution in [0.25, 0.3) is 0 Å². The first-order chi connectivity index (χ1) is 14.2. The van der Waals surface area contributed by atoms with E-state index in [0.717, 1.165) is 12.1 Å². The first kappa shape index (κ1) is 21.8. The Labute approximate surface area is 173 Å². The summed E-state index contributed by atoms with van der Waals surface area (Å²) in [6.07, 6.45) is 0.775. The average Bonchev–Trinajstić information content (AvgIpc) is 2.70. The summed E-state index contributed by atoms with van der Waals surface area (Å²) in [6, 6.07) is 8.52. The molecule has 1 aliphatic rings. The van der Waals surface area contributed by atoms with E-state index in [1.807, 2.05) is 0 Å². The first-order valence-electron chi connectivity index (χ1n) is 9.30. The van der Waals surface area contributed by atoms with Crippen LogP contribution in [0.2, 0.25) is 0 Å². The number of nitrogens with zero attached hydrogens (tertiary/aromatic N) is 1. The minimum atomic E-state index is -3.71. The number of halogens is 2. The predicted octanol–water partition coefficient (Wildman–Crippen LogP) is 2.51. The molecule has 30 heavy (non-hydrogen) atoms. The number of anilines is 1. The van der Waals surface area contributed by atoms with Gasteiger partial charge in [-0.05, 0) is 55.3 Å². The Morgan fingerprint density at radius 1 is 1.00 bits per heavy atom. The van der Waals surface area contributed by atoms with Crippen molar-refractivity contribution in [1.82, 2.24) is 9.62 Å². The van der Waals surface area contributed by atoms with Gasteiger partial charge < -0.3 is 10.6 Å². The lowest BCUT2D eigenvalue weighted by Crippen LogP contribution is -2.46. The van der Waals surface area contributed by atoms with Crippen LogP contribution in [0.5, 0.6) is 0 Å². The van der Waals surface area contributed by atoms with Gasteiger partial charge in [0.05, 0.1) is 4.90 Å². The highest BCUT2D eigenvalue weighted by Crippen LogP contribution is 2.22. The fourth-order valence-corrected chi connectivity index (χ4v) is 4.68. The molecule has 1 aliphatic heterocycles. The van der Waals surface area contributed by atoms with E-state index in [2.05, 4.69) is 10.6 Å². The van der Waals surface area contributed by atoms with Crippen LogP contribution in [0.15, 0.2) is 47.4 Å². The van der Waals surface area contributed by atoms with E-state index in [1.165, 1.54) is 41.6 Å². The standard InChI is InChI=1S/C20H21F2N3O4S/c1-13(26)23-15-3-5-17(6-4-15)30(28,29)25-10-8-16(9-11-25)24-20(27)14-2-7-18(21)19(22)12-14/h2-7,12,16H,8-11H2,1H3,(H,23,26)(H,24,27). The number of carbonyl (C=O) groups is 2. The van der Waals surface area contributed by atoms with Crippen LogP contribution < -0.4 is 10.6 Å². The molecule has 2 aromatic rings. The Morgan fingerprint density at radius 3 is 2.20 bits per heavy atom. The van der Waals surface area contributed by atoms with Crippen LogP contribution in [0.1, 0.15) is 30.1 Å². The number of hydrogen-bond acceptors (Lipinski definition) is 4. The largest absolute Gasteiger partial charge is 0.349 e. The predicted molar refractivity (Wildman–Crippen MR) is 106 cm³/mol. The second-order valence-corrected chi connectivity index (χ2v) is 8.92. The van der Waals surface area contributed by atoms with Crippen molar-refractivity contribution >= 4 is 27.5 Å². The highest BCUT2D eigenvalue weighted by Gasteiger charge is 2.30. The van der Waals surface area contributed by atoms with Gasteiger partial charge in [-0.3, -0.25) is 9.59 Å². The second kappa shape index (κ2) is 8.88. The minimum absolute atomic E-state index is 0.00297. The number of rotatable bonds is 5. The van der Waals surface area contributed by atoms with E-state index in [9.17, 15) is 26.8 Å². The van der Waals surface area contributed by atoms with Gasteiger partial charge in [-0.25, -0.2) is 17.2 Å². The van der Waals surface area contributed by atoms with Gasteiger partial charge in [0.15, 0.2) is 11.6 Å². The summed E-state index contributed by atoms with van der Waals surface area (Å²) in [5, 5.41) is 5.30. The van der Waals surface area contributed by atoms with Crippen molar-refractivity contribution in [2.45, 2.75) is 30.7 Å². The van der Waals surface area contributed by atoms with Gasteiger partial charge in [0.1, 0.15) is 0 Å². The first-order valence-corrected chi connectivity index (χ1v) is 10.7. The van der Waals surface area contributed by atoms with Crippen LogP contribution in [-0.4, -0.2) is 43.7 Å². The third-order valence-corrected chi connectivity index (χ3v) is 6.70. The van der Waals surface area contributed by atoms with Crippen LogP contribution in [0.3, 0.4) is 0 Å². The molecule has 0 radical (unpaired) electrons. The van der Waals surface area contributed by atoms with Crippen molar-refractivity contribution in [2.24, 2.45) is 0 Å². The Morgan fingerprint density at radius 2 is 1.63 bits per heavy atom. The number of carbonyl (C=O) groups excluding carboxylic acids is 2. The fraction of sp³-hybridized carbons (Fsp3) is 0.300. The number of amides is 2. The van der Waals surface area contributed by atoms with Crippen LogP contribution >= 0.6 is 0 Å². The summed E-state index contributed by atoms with van der Waals surface area (Å²) >= 11 is 0. The van der Waals surface area contributed by atoms with Crippen LogP contribution in [0, 0.1) is 11.6 Å². The van der Waals surface area contributed by atoms with Crippen molar-refractivity contribution in [1.29, 1.82) is 0 Å². The monoisotopic (exact) mass is 437 g/mol. The lowest BCUT2D eigenvalue weighted by Gasteiger charge is -2.31. The summed E-state index contributed by atoms with van der Waals surface area (Å²) in [7, 11) is -3.71. The van der Waals surface area contributed by atoms with Crippen molar-refractivity contribution < 1.29 is 26.8 Å². The summed E-state index contributed by atoms with van der Waals surface area (Å²) in [5.74, 6) is -2.93. The molecular formula is C20H21F2N3O4S. The molecule has 2 amide bonds. The molecule has 2 aromatic carbocycles. The number of hydrogen-bond donors (Lipinski definition) is 2. The maximum Gasteiger partial charge on any atom is 0.251 e. The van der Waals surface area contributed by atoms with Crippen molar-refractivity contribution in [2.75, 3.05) is 18.4 Å². The van der Waals surface area contributed by atoms with E-state index in [1.54, 1.807) is 0 Å². The molecule has 0 spiro atoms. The highest BCUT2D eigenvalue weighted by atomic mass is 32.2. The maximum atomic E-state index is 13.3. The van der Waals surface area contributed by atoms with Crippen LogP contribution in [-0.2, 0) is 14.8 Å². The molecule has 1 fully saturated rings. The van der Waals surface area contributed by atoms with Gasteiger partial charge in [-0.2, -0.15) is 4.31 Å². The molecule has 0 unspecified atom stereocenters. The van der Waals surface area contributed by atoms with E-state index in [0.29, 0.717) is 18.5 Å². The summed E-state index contributed by atoms with van der Waals surface area (Å²) in [5.41, 5.74) is 0.503. The van der Waals surface area contributed by atoms with Crippen molar-refractivity contribution in [3.8, 4) is 0 Å². The molecule has 10 heteroatoms.